The average molecular weight is 1270 g/mol. The van der Waals surface area contributed by atoms with E-state index in [0.29, 0.717) is 13.0 Å². The quantitative estimate of drug-likeness (QED) is 0.0637. The fourth-order valence-corrected chi connectivity index (χ4v) is 11.3. The zero-order valence-electron chi connectivity index (χ0n) is 46.2. The minimum atomic E-state index is -2.21. The van der Waals surface area contributed by atoms with Gasteiger partial charge >= 0.3 is 0 Å². The molecule has 21 heterocycles. The first-order valence-corrected chi connectivity index (χ1v) is 27.7. The number of unbranched alkanes of at least 4 members (excludes halogenated alkanes) is 1. The Morgan fingerprint density at radius 2 is 0.459 bits per heavy atom. The van der Waals surface area contributed by atoms with Crippen LogP contribution < -0.4 is 12.4 Å². The predicted molar refractivity (Wildman–Crippen MR) is 259 cm³/mol. The molecule has 37 heteroatoms. The summed E-state index contributed by atoms with van der Waals surface area (Å²) in [6.45, 7) is -4.33. The molecule has 21 fully saturated rings. The minimum absolute atomic E-state index is 0. The molecule has 21 aliphatic rings. The Labute approximate surface area is 491 Å². The number of rotatable bonds is 12. The van der Waals surface area contributed by atoms with Crippen molar-refractivity contribution in [1.29, 1.82) is 0 Å². The van der Waals surface area contributed by atoms with Crippen LogP contribution in [0.15, 0.2) is 0 Å². The van der Waals surface area contributed by atoms with Gasteiger partial charge in [-0.05, 0) is 6.42 Å². The third-order valence-electron chi connectivity index (χ3n) is 16.2. The molecule has 0 spiro atoms. The second-order valence-electron chi connectivity index (χ2n) is 22.4. The summed E-state index contributed by atoms with van der Waals surface area (Å²) in [6, 6.07) is 0. The van der Waals surface area contributed by atoms with Crippen molar-refractivity contribution in [2.75, 3.05) is 66.9 Å². The molecule has 0 aliphatic carbocycles. The first-order valence-electron chi connectivity index (χ1n) is 27.7. The summed E-state index contributed by atoms with van der Waals surface area (Å²) in [5, 5.41) is 223. The van der Waals surface area contributed by atoms with E-state index in [4.69, 9.17) is 71.2 Å². The summed E-state index contributed by atoms with van der Waals surface area (Å²) < 4.78 is 81.2. The van der Waals surface area contributed by atoms with Crippen LogP contribution in [0, 0.1) is 0 Å². The van der Waals surface area contributed by atoms with Gasteiger partial charge in [0.1, 0.15) is 184 Å². The number of halogens is 1. The van der Waals surface area contributed by atoms with Crippen molar-refractivity contribution in [3.63, 3.8) is 0 Å². The Kier molecular flexibility index (Phi) is 25.6. The van der Waals surface area contributed by atoms with Gasteiger partial charge in [0.05, 0.1) is 53.7 Å². The van der Waals surface area contributed by atoms with E-state index in [1.54, 1.807) is 14.1 Å². The maximum Gasteiger partial charge on any atom is 0.187 e. The molecule has 14 bridgehead atoms. The predicted octanol–water partition coefficient (Wildman–Crippen LogP) is -16.4. The summed E-state index contributed by atoms with van der Waals surface area (Å²) in [6.07, 6.45) is -68.1. The van der Waals surface area contributed by atoms with Crippen LogP contribution in [-0.4, -0.2) is 389 Å². The highest BCUT2D eigenvalue weighted by atomic mass is 35.5. The van der Waals surface area contributed by atoms with Gasteiger partial charge in [-0.25, -0.2) is 4.84 Å². The smallest absolute Gasteiger partial charge is 0.187 e. The van der Waals surface area contributed by atoms with E-state index >= 15 is 0 Å². The van der Waals surface area contributed by atoms with Crippen molar-refractivity contribution in [2.24, 2.45) is 0 Å². The van der Waals surface area contributed by atoms with E-state index in [1.165, 1.54) is 0 Å². The third-order valence-corrected chi connectivity index (χ3v) is 16.2. The van der Waals surface area contributed by atoms with Gasteiger partial charge in [0, 0.05) is 0 Å². The van der Waals surface area contributed by atoms with Crippen LogP contribution in [0.2, 0.25) is 0 Å². The van der Waals surface area contributed by atoms with Crippen LogP contribution in [0.4, 0.5) is 0 Å². The number of hydroxylamine groups is 3. The van der Waals surface area contributed by atoms with Gasteiger partial charge in [-0.15, -0.1) is 0 Å². The van der Waals surface area contributed by atoms with Crippen molar-refractivity contribution in [3.8, 4) is 0 Å². The minimum Gasteiger partial charge on any atom is -1.00 e. The Bertz CT molecular complexity index is 2000. The van der Waals surface area contributed by atoms with E-state index in [-0.39, 0.29) is 17.1 Å². The van der Waals surface area contributed by atoms with E-state index < -0.39 is 261 Å². The highest BCUT2D eigenvalue weighted by Crippen LogP contribution is 2.39. The molecular weight excluding hydrogens is 1190 g/mol. The Morgan fingerprint density at radius 1 is 0.282 bits per heavy atom. The second kappa shape index (κ2) is 30.5. The fraction of sp³-hybridized carbons (Fsp3) is 1.00. The van der Waals surface area contributed by atoms with Gasteiger partial charge in [-0.2, -0.15) is 4.65 Å². The van der Waals surface area contributed by atoms with Crippen LogP contribution in [0.1, 0.15) is 19.8 Å². The lowest BCUT2D eigenvalue weighted by molar-refractivity contribution is -1.08. The molecule has 21 saturated heterocycles. The van der Waals surface area contributed by atoms with Gasteiger partial charge < -0.3 is 181 Å². The van der Waals surface area contributed by atoms with E-state index in [1.807, 2.05) is 6.92 Å². The van der Waals surface area contributed by atoms with Crippen LogP contribution in [0.25, 0.3) is 0 Å². The Hall–Kier alpha value is -1.15. The summed E-state index contributed by atoms with van der Waals surface area (Å²) in [5.74, 6) is 0. The monoisotopic (exact) mass is 1270 g/mol. The number of aliphatic hydroxyl groups excluding tert-OH is 20. The second-order valence-corrected chi connectivity index (χ2v) is 22.4. The molecule has 21 rings (SSSR count). The number of hydrogen-bond acceptors (Lipinski definition) is 35. The molecule has 0 aromatic heterocycles. The number of nitrogens with zero attached hydrogens (tertiary/aromatic N) is 1. The Morgan fingerprint density at radius 3 is 0.635 bits per heavy atom. The third kappa shape index (κ3) is 15.0. The topological polar surface area (TPSA) is 543 Å². The summed E-state index contributed by atoms with van der Waals surface area (Å²) >= 11 is 0. The molecule has 0 unspecified atom stereocenters. The molecule has 36 nitrogen and oxygen atoms in total. The van der Waals surface area contributed by atoms with E-state index in [2.05, 4.69) is 0 Å². The molecule has 498 valence electrons. The molecule has 35 atom stereocenters. The number of quaternary nitrogens is 1. The van der Waals surface area contributed by atoms with Crippen LogP contribution in [0.5, 0.6) is 0 Å². The molecule has 0 radical (unpaired) electrons. The average Bonchev–Trinajstić information content (AvgIpc) is 1.81. The van der Waals surface area contributed by atoms with Crippen molar-refractivity contribution in [2.45, 2.75) is 235 Å². The zero-order chi connectivity index (χ0) is 61.4. The maximum atomic E-state index is 11.8. The molecule has 0 aromatic rings. The molecular formula is C48H84ClNO35. The van der Waals surface area contributed by atoms with Gasteiger partial charge in [0.25, 0.3) is 0 Å². The van der Waals surface area contributed by atoms with E-state index in [0.717, 1.165) is 6.42 Å². The largest absolute Gasteiger partial charge is 1.00 e. The number of ether oxygens (including phenoxy) is 14. The normalized spacial score (nSPS) is 51.4. The highest BCUT2D eigenvalue weighted by molar-refractivity contribution is 5.02. The first kappa shape index (κ1) is 71.3. The lowest BCUT2D eigenvalue weighted by atomic mass is 9.95. The highest BCUT2D eigenvalue weighted by Gasteiger charge is 2.60. The molecule has 0 amide bonds. The van der Waals surface area contributed by atoms with Gasteiger partial charge in [-0.3, -0.25) is 0 Å². The van der Waals surface area contributed by atoms with Crippen molar-refractivity contribution >= 4 is 0 Å². The lowest BCUT2D eigenvalue weighted by Gasteiger charge is -2.50. The standard InChI is InChI=1S/C48H84NO35.ClH/c1-4-5-6-49(2,3)70-13-20-41-27(62)34(69)48(77-20)83-40-19(12-55)75-46(32(67)25(40)60)81-38-17(10-53)73-44(30(65)23(38)58)79-36-15(8-51)71-42(28(63)21(36)56)78-35-14(7-50)72-43(29(64)22(35)57)80-37-16(9-52)74-45(31(66)24(37)59)82-39-18(11-54)76-47(84-41)33(68)26(39)61;/h14-48,50-69H,4-13H2,1-3H3;1H/q+1;/p-1/t14-,15-,16-,17-,18-,19-,20-,21-,22-,23-,24-,25-,26-,27-,28-,29-,30+,31-,32+,33-,34-,35-,36-,37-,38-,39-,40-,41-,42-,43-,44-,45-,46-,47-,48-;/m1./s1. The van der Waals surface area contributed by atoms with Crippen LogP contribution in [-0.2, 0) is 71.2 Å². The first-order chi connectivity index (χ1) is 39.9. The van der Waals surface area contributed by atoms with Crippen molar-refractivity contribution in [1.82, 2.24) is 0 Å². The lowest BCUT2D eigenvalue weighted by Crippen LogP contribution is -3.00. The molecule has 21 aliphatic heterocycles. The molecule has 20 N–H and O–H groups in total. The summed E-state index contributed by atoms with van der Waals surface area (Å²) in [4.78, 5) is 6.14. The molecule has 85 heavy (non-hydrogen) atoms. The van der Waals surface area contributed by atoms with Crippen LogP contribution in [0.3, 0.4) is 0 Å². The summed E-state index contributed by atoms with van der Waals surface area (Å²) in [7, 11) is 3.37. The number of hydrogen-bond donors (Lipinski definition) is 20. The molecule has 0 saturated carbocycles. The van der Waals surface area contributed by atoms with Crippen molar-refractivity contribution < 1.29 is 190 Å². The number of aliphatic hydroxyl groups is 20. The van der Waals surface area contributed by atoms with Gasteiger partial charge in [0.2, 0.25) is 0 Å². The SMILES string of the molecule is CCCC[N+](C)(C)OC[C@H]1O[C@@H]2O[C@H]3[C@H](O)[C@H](O)[C@@H](O[C@H]4[C@H](O)[C@H](O)[C@@H](O[C@H]5[C@H](O)[C@@H](O)[C@@H](O[C@H]6[C@H](O)[C@@H](O)[C@@H](O[C@H]7[C@H](O)[C@@H](O)[C@@H](O[C@H]8[C@H](O)[C@@H](O)[C@@H](O[C@H]1[C@H](O)[C@H]2O)O[C@@H]8CO)O[C@@H]7CO)O[C@@H]6CO)O[C@@H]5CO)O[C@@H]4CO)O[C@@H]3CO.[Cl-]. The Balaban J connectivity index is 0.0000104. The maximum absolute atomic E-state index is 11.8. The fourth-order valence-electron chi connectivity index (χ4n) is 11.3. The zero-order valence-corrected chi connectivity index (χ0v) is 46.9. The van der Waals surface area contributed by atoms with E-state index in [9.17, 15) is 102 Å². The van der Waals surface area contributed by atoms with Crippen LogP contribution >= 0.6 is 0 Å². The van der Waals surface area contributed by atoms with Crippen molar-refractivity contribution in [3.05, 3.63) is 0 Å². The summed E-state index contributed by atoms with van der Waals surface area (Å²) in [5.41, 5.74) is 0. The van der Waals surface area contributed by atoms with Gasteiger partial charge in [0.15, 0.2) is 44.0 Å². The van der Waals surface area contributed by atoms with Gasteiger partial charge in [-0.1, -0.05) is 13.3 Å². The molecule has 0 aromatic carbocycles.